The van der Waals surface area contributed by atoms with E-state index < -0.39 is 0 Å². The normalized spacial score (nSPS) is 24.6. The molecule has 3 aliphatic rings. The van der Waals surface area contributed by atoms with Crippen molar-refractivity contribution >= 4 is 28.3 Å². The van der Waals surface area contributed by atoms with Crippen LogP contribution in [0, 0.1) is 23.6 Å². The number of nitrogens with one attached hydrogen (secondary N) is 1. The van der Waals surface area contributed by atoms with E-state index in [1.807, 2.05) is 11.0 Å². The highest BCUT2D eigenvalue weighted by atomic mass is 19.1. The van der Waals surface area contributed by atoms with Crippen molar-refractivity contribution in [2.24, 2.45) is 17.8 Å². The lowest BCUT2D eigenvalue weighted by Crippen LogP contribution is -2.36. The van der Waals surface area contributed by atoms with E-state index in [1.54, 1.807) is 24.5 Å². The smallest absolute Gasteiger partial charge is 0.228 e. The first-order chi connectivity index (χ1) is 16.2. The van der Waals surface area contributed by atoms with Crippen molar-refractivity contribution in [3.63, 3.8) is 0 Å². The molecule has 3 aromatic rings. The quantitative estimate of drug-likeness (QED) is 0.649. The molecule has 2 saturated heterocycles. The molecule has 3 fully saturated rings. The predicted molar refractivity (Wildman–Crippen MR) is 123 cm³/mol. The number of rotatable bonds is 5. The summed E-state index contributed by atoms with van der Waals surface area (Å²) in [6.07, 6.45) is 3.41. The Labute approximate surface area is 191 Å². The topological polar surface area (TPSA) is 70.6 Å². The molecule has 8 heteroatoms. The zero-order valence-electron chi connectivity index (χ0n) is 18.3. The molecule has 0 bridgehead atoms. The molecular weight excluding hydrogens is 421 g/mol. The second-order valence-corrected chi connectivity index (χ2v) is 9.18. The van der Waals surface area contributed by atoms with Gasteiger partial charge in [0.15, 0.2) is 0 Å². The van der Waals surface area contributed by atoms with Gasteiger partial charge in [0, 0.05) is 56.7 Å². The van der Waals surface area contributed by atoms with Gasteiger partial charge in [-0.25, -0.2) is 4.39 Å². The van der Waals surface area contributed by atoms with Crippen molar-refractivity contribution in [2.45, 2.75) is 6.54 Å². The van der Waals surface area contributed by atoms with Crippen LogP contribution in [0.5, 0.6) is 0 Å². The number of ether oxygens (including phenoxy) is 1. The Morgan fingerprint density at radius 1 is 1.03 bits per heavy atom. The van der Waals surface area contributed by atoms with Crippen LogP contribution in [0.4, 0.5) is 15.8 Å². The van der Waals surface area contributed by atoms with Crippen LogP contribution in [-0.4, -0.2) is 60.2 Å². The lowest BCUT2D eigenvalue weighted by molar-refractivity contribution is -0.118. The van der Waals surface area contributed by atoms with E-state index in [1.165, 1.54) is 11.6 Å². The average Bonchev–Trinajstić information content (AvgIpc) is 3.35. The zero-order valence-corrected chi connectivity index (χ0v) is 18.3. The van der Waals surface area contributed by atoms with Crippen LogP contribution in [0.1, 0.15) is 5.56 Å². The largest absolute Gasteiger partial charge is 0.378 e. The van der Waals surface area contributed by atoms with Crippen molar-refractivity contribution in [3.8, 4) is 0 Å². The van der Waals surface area contributed by atoms with Gasteiger partial charge in [-0.1, -0.05) is 6.07 Å². The summed E-state index contributed by atoms with van der Waals surface area (Å²) in [7, 11) is 0. The second kappa shape index (κ2) is 8.35. The number of carbonyl (C=O) groups excluding carboxylic acids is 1. The highest BCUT2D eigenvalue weighted by molar-refractivity contribution is 5.95. The lowest BCUT2D eigenvalue weighted by atomic mass is 10.1. The number of anilines is 2. The molecule has 2 aromatic carbocycles. The van der Waals surface area contributed by atoms with Gasteiger partial charge in [-0.05, 0) is 47.7 Å². The molecule has 0 radical (unpaired) electrons. The van der Waals surface area contributed by atoms with Gasteiger partial charge in [-0.15, -0.1) is 0 Å². The predicted octanol–water partition coefficient (Wildman–Crippen LogP) is 2.92. The minimum Gasteiger partial charge on any atom is -0.378 e. The van der Waals surface area contributed by atoms with Gasteiger partial charge >= 0.3 is 0 Å². The number of amides is 1. The molecule has 1 aliphatic carbocycles. The number of fused-ring (bicyclic) bond motifs is 2. The van der Waals surface area contributed by atoms with Gasteiger partial charge in [0.1, 0.15) is 5.82 Å². The van der Waals surface area contributed by atoms with E-state index in [4.69, 9.17) is 4.74 Å². The fourth-order valence-electron chi connectivity index (χ4n) is 5.37. The number of piperidine rings is 1. The molecule has 1 N–H and O–H groups in total. The Balaban J connectivity index is 1.04. The molecule has 2 atom stereocenters. The molecule has 0 spiro atoms. The summed E-state index contributed by atoms with van der Waals surface area (Å²) in [5.74, 6) is 0.470. The Kier molecular flexibility index (Phi) is 5.19. The number of hydrogen-bond acceptors (Lipinski definition) is 6. The molecule has 7 nitrogen and oxygen atoms in total. The Bertz CT molecular complexity index is 1190. The third-order valence-electron chi connectivity index (χ3n) is 7.08. The van der Waals surface area contributed by atoms with Gasteiger partial charge in [-0.3, -0.25) is 19.7 Å². The highest BCUT2D eigenvalue weighted by Gasteiger charge is 2.59. The zero-order chi connectivity index (χ0) is 22.4. The molecule has 33 heavy (non-hydrogen) atoms. The van der Waals surface area contributed by atoms with E-state index in [0.29, 0.717) is 49.5 Å². The van der Waals surface area contributed by atoms with Crippen molar-refractivity contribution in [3.05, 3.63) is 60.2 Å². The number of aromatic nitrogens is 2. The molecule has 170 valence electrons. The van der Waals surface area contributed by atoms with E-state index in [2.05, 4.69) is 32.3 Å². The summed E-state index contributed by atoms with van der Waals surface area (Å²) in [6, 6.07) is 11.2. The number of morpholine rings is 1. The summed E-state index contributed by atoms with van der Waals surface area (Å²) in [5.41, 5.74) is 4.10. The molecular formula is C25H26FN5O2. The summed E-state index contributed by atoms with van der Waals surface area (Å²) in [4.78, 5) is 25.9. The standard InChI is InChI=1S/C25H26FN5O2/c26-20-12-17(2-4-23(20)31-7-9-33-10-8-31)29-25(32)24-18-14-30(15-19(18)24)13-16-1-3-21-22(11-16)28-6-5-27-21/h1-6,11-12,18-19,24H,7-10,13-15H2,(H,29,32). The Morgan fingerprint density at radius 3 is 2.55 bits per heavy atom. The van der Waals surface area contributed by atoms with E-state index in [-0.39, 0.29) is 17.6 Å². The molecule has 1 amide bonds. The van der Waals surface area contributed by atoms with Crippen LogP contribution in [0.3, 0.4) is 0 Å². The Morgan fingerprint density at radius 2 is 1.79 bits per heavy atom. The minimum absolute atomic E-state index is 0.00384. The van der Waals surface area contributed by atoms with Crippen molar-refractivity contribution in [1.29, 1.82) is 0 Å². The fourth-order valence-corrected chi connectivity index (χ4v) is 5.37. The number of nitrogens with zero attached hydrogens (tertiary/aromatic N) is 4. The van der Waals surface area contributed by atoms with Crippen LogP contribution >= 0.6 is 0 Å². The van der Waals surface area contributed by atoms with Crippen LogP contribution in [-0.2, 0) is 16.1 Å². The van der Waals surface area contributed by atoms with Gasteiger partial charge in [0.25, 0.3) is 0 Å². The van der Waals surface area contributed by atoms with Gasteiger partial charge in [0.2, 0.25) is 5.91 Å². The van der Waals surface area contributed by atoms with Crippen molar-refractivity contribution in [1.82, 2.24) is 14.9 Å². The summed E-state index contributed by atoms with van der Waals surface area (Å²) in [5, 5.41) is 2.93. The van der Waals surface area contributed by atoms with Crippen LogP contribution in [0.25, 0.3) is 11.0 Å². The van der Waals surface area contributed by atoms with E-state index in [0.717, 1.165) is 30.7 Å². The number of carbonyl (C=O) groups is 1. The molecule has 1 aromatic heterocycles. The first kappa shape index (κ1) is 20.5. The third kappa shape index (κ3) is 4.05. The lowest BCUT2D eigenvalue weighted by Gasteiger charge is -2.29. The number of halogens is 1. The molecule has 3 heterocycles. The van der Waals surface area contributed by atoms with Gasteiger partial charge < -0.3 is 15.0 Å². The van der Waals surface area contributed by atoms with Crippen LogP contribution < -0.4 is 10.2 Å². The first-order valence-electron chi connectivity index (χ1n) is 11.5. The summed E-state index contributed by atoms with van der Waals surface area (Å²) < 4.78 is 20.0. The number of likely N-dealkylation sites (tertiary alicyclic amines) is 1. The maximum absolute atomic E-state index is 14.6. The van der Waals surface area contributed by atoms with Gasteiger partial charge in [-0.2, -0.15) is 0 Å². The van der Waals surface area contributed by atoms with Crippen molar-refractivity contribution in [2.75, 3.05) is 49.6 Å². The van der Waals surface area contributed by atoms with E-state index >= 15 is 0 Å². The summed E-state index contributed by atoms with van der Waals surface area (Å²) >= 11 is 0. The van der Waals surface area contributed by atoms with Crippen molar-refractivity contribution < 1.29 is 13.9 Å². The van der Waals surface area contributed by atoms with E-state index in [9.17, 15) is 9.18 Å². The number of benzene rings is 2. The SMILES string of the molecule is O=C(Nc1ccc(N2CCOCC2)c(F)c1)C1C2CN(Cc3ccc4nccnc4c3)CC21. The highest BCUT2D eigenvalue weighted by Crippen LogP contribution is 2.52. The first-order valence-corrected chi connectivity index (χ1v) is 11.5. The van der Waals surface area contributed by atoms with Gasteiger partial charge in [0.05, 0.1) is 29.9 Å². The minimum atomic E-state index is -0.308. The second-order valence-electron chi connectivity index (χ2n) is 9.18. The monoisotopic (exact) mass is 447 g/mol. The Hall–Kier alpha value is -3.10. The molecule has 1 saturated carbocycles. The maximum atomic E-state index is 14.6. The molecule has 6 rings (SSSR count). The summed E-state index contributed by atoms with van der Waals surface area (Å²) in [6.45, 7) is 5.23. The molecule has 2 unspecified atom stereocenters. The molecule has 2 aliphatic heterocycles. The number of hydrogen-bond donors (Lipinski definition) is 1. The maximum Gasteiger partial charge on any atom is 0.228 e. The fraction of sp³-hybridized carbons (Fsp3) is 0.400. The van der Waals surface area contributed by atoms with Crippen LogP contribution in [0.2, 0.25) is 0 Å². The third-order valence-corrected chi connectivity index (χ3v) is 7.08. The van der Waals surface area contributed by atoms with Crippen LogP contribution in [0.15, 0.2) is 48.8 Å². The average molecular weight is 448 g/mol.